The van der Waals surface area contributed by atoms with Gasteiger partial charge in [-0.15, -0.1) is 0 Å². The second-order valence-electron chi connectivity index (χ2n) is 9.00. The van der Waals surface area contributed by atoms with Crippen molar-refractivity contribution in [3.8, 4) is 11.5 Å². The van der Waals surface area contributed by atoms with E-state index in [1.165, 1.54) is 22.3 Å². The summed E-state index contributed by atoms with van der Waals surface area (Å²) in [4.78, 5) is 4.75. The van der Waals surface area contributed by atoms with Crippen molar-refractivity contribution < 1.29 is 13.9 Å². The molecule has 2 heterocycles. The predicted octanol–water partition coefficient (Wildman–Crippen LogP) is 4.78. The van der Waals surface area contributed by atoms with Crippen LogP contribution in [0.25, 0.3) is 0 Å². The first-order valence-corrected chi connectivity index (χ1v) is 11.5. The summed E-state index contributed by atoms with van der Waals surface area (Å²) in [5, 5.41) is 0. The van der Waals surface area contributed by atoms with Crippen molar-refractivity contribution in [1.29, 1.82) is 0 Å². The molecule has 4 rings (SSSR count). The first kappa shape index (κ1) is 22.1. The van der Waals surface area contributed by atoms with E-state index in [0.29, 0.717) is 25.4 Å². The van der Waals surface area contributed by atoms with E-state index in [1.807, 2.05) is 12.1 Å². The molecule has 1 unspecified atom stereocenters. The third kappa shape index (κ3) is 5.21. The van der Waals surface area contributed by atoms with Gasteiger partial charge in [-0.3, -0.25) is 0 Å². The highest BCUT2D eigenvalue weighted by Gasteiger charge is 2.27. The van der Waals surface area contributed by atoms with Crippen LogP contribution in [0.3, 0.4) is 0 Å². The van der Waals surface area contributed by atoms with Crippen molar-refractivity contribution in [3.05, 3.63) is 58.7 Å². The second kappa shape index (κ2) is 10.0. The molecule has 31 heavy (non-hydrogen) atoms. The summed E-state index contributed by atoms with van der Waals surface area (Å²) in [5.41, 5.74) is 5.36. The van der Waals surface area contributed by atoms with Gasteiger partial charge in [0, 0.05) is 38.6 Å². The number of methoxy groups -OCH3 is 1. The summed E-state index contributed by atoms with van der Waals surface area (Å²) in [6.45, 7) is 7.57. The number of likely N-dealkylation sites (tertiary alicyclic amines) is 1. The SMILES string of the molecule is COc1ccc(C2CN(C)Cc3c2ccc(OCCCN2CCC(F)CC2)c3C)cc1. The highest BCUT2D eigenvalue weighted by atomic mass is 19.1. The van der Waals surface area contributed by atoms with Gasteiger partial charge in [0.05, 0.1) is 13.7 Å². The molecule has 5 heteroatoms. The summed E-state index contributed by atoms with van der Waals surface area (Å²) in [6, 6.07) is 12.8. The highest BCUT2D eigenvalue weighted by Crippen LogP contribution is 2.38. The van der Waals surface area contributed by atoms with Crippen molar-refractivity contribution in [3.63, 3.8) is 0 Å². The Labute approximate surface area is 185 Å². The molecular weight excluding hydrogens is 391 g/mol. The van der Waals surface area contributed by atoms with Crippen molar-refractivity contribution in [1.82, 2.24) is 9.80 Å². The lowest BCUT2D eigenvalue weighted by Gasteiger charge is -2.34. The monoisotopic (exact) mass is 426 g/mol. The van der Waals surface area contributed by atoms with E-state index in [2.05, 4.69) is 48.0 Å². The van der Waals surface area contributed by atoms with Gasteiger partial charge in [-0.1, -0.05) is 18.2 Å². The van der Waals surface area contributed by atoms with Crippen molar-refractivity contribution in [2.75, 3.05) is 46.9 Å². The smallest absolute Gasteiger partial charge is 0.122 e. The minimum atomic E-state index is -0.606. The number of likely N-dealkylation sites (N-methyl/N-ethyl adjacent to an activating group) is 1. The Bertz CT molecular complexity index is 862. The van der Waals surface area contributed by atoms with E-state index in [-0.39, 0.29) is 0 Å². The fourth-order valence-electron chi connectivity index (χ4n) is 4.91. The normalized spacial score (nSPS) is 20.5. The van der Waals surface area contributed by atoms with E-state index in [0.717, 1.165) is 50.6 Å². The fourth-order valence-corrected chi connectivity index (χ4v) is 4.91. The van der Waals surface area contributed by atoms with Crippen molar-refractivity contribution in [2.45, 2.75) is 44.8 Å². The van der Waals surface area contributed by atoms with Gasteiger partial charge in [0.15, 0.2) is 0 Å². The zero-order valence-electron chi connectivity index (χ0n) is 19.1. The maximum absolute atomic E-state index is 13.3. The minimum Gasteiger partial charge on any atom is -0.497 e. The van der Waals surface area contributed by atoms with Crippen LogP contribution in [0.5, 0.6) is 11.5 Å². The average Bonchev–Trinajstić information content (AvgIpc) is 2.79. The van der Waals surface area contributed by atoms with Gasteiger partial charge < -0.3 is 19.3 Å². The molecular formula is C26H35FN2O2. The standard InChI is InChI=1S/C26H35FN2O2/c1-19-24-17-28(2)18-25(20-5-7-22(30-3)8-6-20)23(24)9-10-26(19)31-16-4-13-29-14-11-21(27)12-15-29/h5-10,21,25H,4,11-18H2,1-3H3. The van der Waals surface area contributed by atoms with E-state index in [4.69, 9.17) is 9.47 Å². The van der Waals surface area contributed by atoms with Gasteiger partial charge in [-0.2, -0.15) is 0 Å². The van der Waals surface area contributed by atoms with Crippen LogP contribution in [-0.2, 0) is 6.54 Å². The van der Waals surface area contributed by atoms with Gasteiger partial charge in [0.1, 0.15) is 17.7 Å². The zero-order valence-corrected chi connectivity index (χ0v) is 19.1. The molecule has 0 N–H and O–H groups in total. The molecule has 1 fully saturated rings. The molecule has 0 spiro atoms. The van der Waals surface area contributed by atoms with Gasteiger partial charge >= 0.3 is 0 Å². The molecule has 1 atom stereocenters. The molecule has 2 aliphatic heterocycles. The summed E-state index contributed by atoms with van der Waals surface area (Å²) in [7, 11) is 3.89. The molecule has 1 saturated heterocycles. The number of halogens is 1. The number of hydrogen-bond donors (Lipinski definition) is 0. The molecule has 0 aromatic heterocycles. The van der Waals surface area contributed by atoms with Crippen molar-refractivity contribution in [2.24, 2.45) is 0 Å². The number of alkyl halides is 1. The lowest BCUT2D eigenvalue weighted by molar-refractivity contribution is 0.143. The van der Waals surface area contributed by atoms with Crippen LogP contribution < -0.4 is 9.47 Å². The summed E-state index contributed by atoms with van der Waals surface area (Å²) >= 11 is 0. The number of nitrogens with zero attached hydrogens (tertiary/aromatic N) is 2. The Kier molecular flexibility index (Phi) is 7.13. The van der Waals surface area contributed by atoms with Crippen LogP contribution in [-0.4, -0.2) is 62.9 Å². The van der Waals surface area contributed by atoms with Crippen molar-refractivity contribution >= 4 is 0 Å². The number of hydrogen-bond acceptors (Lipinski definition) is 4. The van der Waals surface area contributed by atoms with E-state index >= 15 is 0 Å². The molecule has 0 saturated carbocycles. The summed E-state index contributed by atoms with van der Waals surface area (Å²) in [6.07, 6.45) is 1.72. The molecule has 168 valence electrons. The topological polar surface area (TPSA) is 24.9 Å². The fraction of sp³-hybridized carbons (Fsp3) is 0.538. The molecule has 0 amide bonds. The Morgan fingerprint density at radius 2 is 1.81 bits per heavy atom. The molecule has 4 nitrogen and oxygen atoms in total. The van der Waals surface area contributed by atoms with Crippen LogP contribution in [0, 0.1) is 6.92 Å². The number of benzene rings is 2. The highest BCUT2D eigenvalue weighted by molar-refractivity contribution is 5.50. The Morgan fingerprint density at radius 1 is 1.06 bits per heavy atom. The van der Waals surface area contributed by atoms with Crippen LogP contribution in [0.15, 0.2) is 36.4 Å². The number of rotatable bonds is 7. The third-order valence-corrected chi connectivity index (χ3v) is 6.79. The number of piperidine rings is 1. The van der Waals surface area contributed by atoms with Gasteiger partial charge in [-0.25, -0.2) is 4.39 Å². The Hall–Kier alpha value is -2.11. The molecule has 2 aromatic carbocycles. The minimum absolute atomic E-state index is 0.353. The van der Waals surface area contributed by atoms with Crippen LogP contribution in [0.2, 0.25) is 0 Å². The molecule has 2 aromatic rings. The first-order chi connectivity index (χ1) is 15.0. The molecule has 0 aliphatic carbocycles. The van der Waals surface area contributed by atoms with E-state index < -0.39 is 6.17 Å². The third-order valence-electron chi connectivity index (χ3n) is 6.79. The van der Waals surface area contributed by atoms with Gasteiger partial charge in [-0.05, 0) is 73.7 Å². The Morgan fingerprint density at radius 3 is 2.52 bits per heavy atom. The van der Waals surface area contributed by atoms with Crippen LogP contribution >= 0.6 is 0 Å². The van der Waals surface area contributed by atoms with Gasteiger partial charge in [0.2, 0.25) is 0 Å². The number of fused-ring (bicyclic) bond motifs is 1. The first-order valence-electron chi connectivity index (χ1n) is 11.5. The van der Waals surface area contributed by atoms with Gasteiger partial charge in [0.25, 0.3) is 0 Å². The lowest BCUT2D eigenvalue weighted by Crippen LogP contribution is -2.35. The largest absolute Gasteiger partial charge is 0.497 e. The maximum atomic E-state index is 13.3. The zero-order chi connectivity index (χ0) is 21.8. The predicted molar refractivity (Wildman–Crippen MR) is 123 cm³/mol. The molecule has 0 radical (unpaired) electrons. The van der Waals surface area contributed by atoms with E-state index in [1.54, 1.807) is 7.11 Å². The maximum Gasteiger partial charge on any atom is 0.122 e. The summed E-state index contributed by atoms with van der Waals surface area (Å²) < 4.78 is 24.8. The quantitative estimate of drug-likeness (QED) is 0.595. The van der Waals surface area contributed by atoms with Crippen LogP contribution in [0.4, 0.5) is 4.39 Å². The Balaban J connectivity index is 1.42. The second-order valence-corrected chi connectivity index (χ2v) is 9.00. The summed E-state index contributed by atoms with van der Waals surface area (Å²) in [5.74, 6) is 2.23. The number of ether oxygens (including phenoxy) is 2. The average molecular weight is 427 g/mol. The van der Waals surface area contributed by atoms with E-state index in [9.17, 15) is 4.39 Å². The lowest BCUT2D eigenvalue weighted by atomic mass is 9.83. The molecule has 2 aliphatic rings. The van der Waals surface area contributed by atoms with Crippen LogP contribution in [0.1, 0.15) is 47.4 Å². The molecule has 0 bridgehead atoms.